The Hall–Kier alpha value is -3.11. The molecule has 1 aliphatic heterocycles. The molecule has 0 spiro atoms. The molecule has 0 fully saturated rings. The molecular weight excluding hydrogens is 376 g/mol. The second kappa shape index (κ2) is 8.93. The van der Waals surface area contributed by atoms with Crippen LogP contribution in [0, 0.1) is 0 Å². The quantitative estimate of drug-likeness (QED) is 0.356. The number of nitrogens with zero attached hydrogens (tertiary/aromatic N) is 2. The standard InChI is InChI=1S/C19H26N6O4/c1-19(28)10-23-14-8-12(4-5-15(14)29-11-19)24-18-22-9-13(16(20)27)17(25-18)21-6-2-3-7-26/h4-5,8-9,23,26,28H,2-3,6-7,10-11H2,1H3,(H2,20,27)(H2,21,22,24,25)/t19-/m1/s1. The SMILES string of the molecule is C[C@@]1(O)CNc2cc(Nc3ncc(C(N)=O)c(NCCCCO)n3)ccc2OC1. The van der Waals surface area contributed by atoms with E-state index in [2.05, 4.69) is 25.9 Å². The number of ether oxygens (including phenoxy) is 1. The minimum absolute atomic E-state index is 0.104. The summed E-state index contributed by atoms with van der Waals surface area (Å²) in [7, 11) is 0. The Bertz CT molecular complexity index is 874. The van der Waals surface area contributed by atoms with Gasteiger partial charge in [0.25, 0.3) is 5.91 Å². The molecule has 0 unspecified atom stereocenters. The summed E-state index contributed by atoms with van der Waals surface area (Å²) in [6.07, 6.45) is 2.74. The average molecular weight is 402 g/mol. The van der Waals surface area contributed by atoms with Crippen LogP contribution in [-0.4, -0.2) is 58.0 Å². The van der Waals surface area contributed by atoms with Crippen molar-refractivity contribution in [2.24, 2.45) is 5.73 Å². The molecule has 0 aliphatic carbocycles. The summed E-state index contributed by atoms with van der Waals surface area (Å²) in [5.74, 6) is 0.644. The molecule has 29 heavy (non-hydrogen) atoms. The van der Waals surface area contributed by atoms with E-state index in [4.69, 9.17) is 15.6 Å². The molecule has 10 nitrogen and oxygen atoms in total. The van der Waals surface area contributed by atoms with Crippen LogP contribution in [0.1, 0.15) is 30.1 Å². The summed E-state index contributed by atoms with van der Waals surface area (Å²) in [6, 6.07) is 5.43. The topological polar surface area (TPSA) is 155 Å². The van der Waals surface area contributed by atoms with Gasteiger partial charge in [0.05, 0.1) is 11.3 Å². The Morgan fingerprint density at radius 3 is 3.00 bits per heavy atom. The number of primary amides is 1. The number of carbonyl (C=O) groups is 1. The van der Waals surface area contributed by atoms with Crippen LogP contribution >= 0.6 is 0 Å². The van der Waals surface area contributed by atoms with Crippen LogP contribution in [0.15, 0.2) is 24.4 Å². The van der Waals surface area contributed by atoms with Crippen molar-refractivity contribution >= 4 is 29.0 Å². The molecule has 1 atom stereocenters. The van der Waals surface area contributed by atoms with Crippen LogP contribution in [0.2, 0.25) is 0 Å². The first-order valence-electron chi connectivity index (χ1n) is 9.40. The van der Waals surface area contributed by atoms with Crippen LogP contribution in [0.4, 0.5) is 23.1 Å². The van der Waals surface area contributed by atoms with Crippen molar-refractivity contribution in [3.05, 3.63) is 30.0 Å². The van der Waals surface area contributed by atoms with Crippen LogP contribution in [0.25, 0.3) is 0 Å². The molecule has 3 rings (SSSR count). The molecule has 10 heteroatoms. The molecule has 2 heterocycles. The fourth-order valence-corrected chi connectivity index (χ4v) is 2.77. The minimum atomic E-state index is -0.961. The van der Waals surface area contributed by atoms with Gasteiger partial charge in [0, 0.05) is 31.6 Å². The van der Waals surface area contributed by atoms with Gasteiger partial charge >= 0.3 is 0 Å². The molecule has 0 bridgehead atoms. The van der Waals surface area contributed by atoms with Crippen molar-refractivity contribution in [3.8, 4) is 5.75 Å². The van der Waals surface area contributed by atoms with E-state index in [-0.39, 0.29) is 18.8 Å². The second-order valence-corrected chi connectivity index (χ2v) is 7.15. The third-order valence-corrected chi connectivity index (χ3v) is 4.37. The largest absolute Gasteiger partial charge is 0.488 e. The van der Waals surface area contributed by atoms with Crippen LogP contribution < -0.4 is 26.4 Å². The number of hydrogen-bond donors (Lipinski definition) is 6. The maximum atomic E-state index is 11.6. The smallest absolute Gasteiger partial charge is 0.254 e. The zero-order valence-electron chi connectivity index (χ0n) is 16.2. The lowest BCUT2D eigenvalue weighted by molar-refractivity contribution is 0.0271. The number of benzene rings is 1. The van der Waals surface area contributed by atoms with E-state index in [1.807, 2.05) is 6.07 Å². The number of β-amino-alcohol motifs (C(OH)–C–C–N with tert-alkyl or cyclic N) is 1. The van der Waals surface area contributed by atoms with Gasteiger partial charge in [-0.1, -0.05) is 0 Å². The molecular formula is C19H26N6O4. The van der Waals surface area contributed by atoms with Gasteiger partial charge in [-0.2, -0.15) is 4.98 Å². The van der Waals surface area contributed by atoms with Crippen LogP contribution in [0.5, 0.6) is 5.75 Å². The molecule has 1 aromatic heterocycles. The number of aliphatic hydroxyl groups is 2. The molecule has 0 saturated heterocycles. The zero-order valence-corrected chi connectivity index (χ0v) is 16.2. The highest BCUT2D eigenvalue weighted by molar-refractivity contribution is 5.97. The van der Waals surface area contributed by atoms with Crippen molar-refractivity contribution in [1.82, 2.24) is 9.97 Å². The van der Waals surface area contributed by atoms with Gasteiger partial charge in [-0.15, -0.1) is 0 Å². The van der Waals surface area contributed by atoms with Crippen molar-refractivity contribution in [2.75, 3.05) is 42.3 Å². The van der Waals surface area contributed by atoms with E-state index in [0.717, 1.165) is 12.1 Å². The van der Waals surface area contributed by atoms with Crippen molar-refractivity contribution < 1.29 is 19.7 Å². The first-order chi connectivity index (χ1) is 13.9. The van der Waals surface area contributed by atoms with Gasteiger partial charge in [0.15, 0.2) is 0 Å². The Morgan fingerprint density at radius 1 is 1.41 bits per heavy atom. The number of nitrogens with two attached hydrogens (primary N) is 1. The fourth-order valence-electron chi connectivity index (χ4n) is 2.77. The molecule has 1 aromatic carbocycles. The first-order valence-corrected chi connectivity index (χ1v) is 9.40. The van der Waals surface area contributed by atoms with Crippen molar-refractivity contribution in [3.63, 3.8) is 0 Å². The van der Waals surface area contributed by atoms with Gasteiger partial charge in [0.1, 0.15) is 23.8 Å². The molecule has 1 aliphatic rings. The third-order valence-electron chi connectivity index (χ3n) is 4.37. The number of hydrogen-bond acceptors (Lipinski definition) is 9. The Kier molecular flexibility index (Phi) is 6.35. The van der Waals surface area contributed by atoms with E-state index in [1.54, 1.807) is 19.1 Å². The summed E-state index contributed by atoms with van der Waals surface area (Å²) in [5, 5.41) is 28.4. The Balaban J connectivity index is 1.76. The number of aromatic nitrogens is 2. The summed E-state index contributed by atoms with van der Waals surface area (Å²) in [5.41, 5.74) is 6.08. The summed E-state index contributed by atoms with van der Waals surface area (Å²) in [6.45, 7) is 2.90. The van der Waals surface area contributed by atoms with E-state index >= 15 is 0 Å². The van der Waals surface area contributed by atoms with E-state index in [9.17, 15) is 9.90 Å². The Labute approximate surface area is 168 Å². The normalized spacial score (nSPS) is 18.0. The number of carbonyl (C=O) groups excluding carboxylic acids is 1. The first kappa shape index (κ1) is 20.6. The third kappa shape index (κ3) is 5.46. The lowest BCUT2D eigenvalue weighted by Crippen LogP contribution is -2.37. The summed E-state index contributed by atoms with van der Waals surface area (Å²) in [4.78, 5) is 20.1. The lowest BCUT2D eigenvalue weighted by Gasteiger charge is -2.19. The molecule has 1 amide bonds. The number of amides is 1. The maximum Gasteiger partial charge on any atom is 0.254 e. The van der Waals surface area contributed by atoms with Gasteiger partial charge < -0.3 is 36.6 Å². The van der Waals surface area contributed by atoms with Crippen LogP contribution in [0.3, 0.4) is 0 Å². The number of rotatable bonds is 8. The van der Waals surface area contributed by atoms with E-state index in [1.165, 1.54) is 6.20 Å². The lowest BCUT2D eigenvalue weighted by atomic mass is 10.1. The van der Waals surface area contributed by atoms with Gasteiger partial charge in [-0.3, -0.25) is 4.79 Å². The van der Waals surface area contributed by atoms with Crippen molar-refractivity contribution in [1.29, 1.82) is 0 Å². The average Bonchev–Trinajstić information content (AvgIpc) is 2.83. The fraction of sp³-hybridized carbons (Fsp3) is 0.421. The van der Waals surface area contributed by atoms with Crippen molar-refractivity contribution in [2.45, 2.75) is 25.4 Å². The number of anilines is 4. The monoisotopic (exact) mass is 402 g/mol. The zero-order chi connectivity index (χ0) is 20.9. The molecule has 0 saturated carbocycles. The Morgan fingerprint density at radius 2 is 2.24 bits per heavy atom. The molecule has 156 valence electrons. The minimum Gasteiger partial charge on any atom is -0.488 e. The maximum absolute atomic E-state index is 11.6. The second-order valence-electron chi connectivity index (χ2n) is 7.15. The number of fused-ring (bicyclic) bond motifs is 1. The van der Waals surface area contributed by atoms with Gasteiger partial charge in [-0.25, -0.2) is 4.98 Å². The highest BCUT2D eigenvalue weighted by Crippen LogP contribution is 2.32. The molecule has 7 N–H and O–H groups in total. The van der Waals surface area contributed by atoms with Crippen LogP contribution in [-0.2, 0) is 0 Å². The van der Waals surface area contributed by atoms with E-state index in [0.29, 0.717) is 42.7 Å². The predicted molar refractivity (Wildman–Crippen MR) is 110 cm³/mol. The molecule has 2 aromatic rings. The highest BCUT2D eigenvalue weighted by atomic mass is 16.5. The number of nitrogens with one attached hydrogen (secondary N) is 3. The van der Waals surface area contributed by atoms with Gasteiger partial charge in [-0.05, 0) is 38.0 Å². The summed E-state index contributed by atoms with van der Waals surface area (Å²) >= 11 is 0. The van der Waals surface area contributed by atoms with E-state index < -0.39 is 11.5 Å². The highest BCUT2D eigenvalue weighted by Gasteiger charge is 2.25. The van der Waals surface area contributed by atoms with Gasteiger partial charge in [0.2, 0.25) is 5.95 Å². The molecule has 0 radical (unpaired) electrons. The number of aliphatic hydroxyl groups excluding tert-OH is 1. The number of unbranched alkanes of at least 4 members (excludes halogenated alkanes) is 1. The predicted octanol–water partition coefficient (Wildman–Crippen LogP) is 1.06. The summed E-state index contributed by atoms with van der Waals surface area (Å²) < 4.78 is 5.64.